The molecule has 0 aromatic carbocycles. The van der Waals surface area contributed by atoms with Crippen LogP contribution < -0.4 is 5.32 Å². The Kier molecular flexibility index (Phi) is 3.38. The molecule has 0 saturated heterocycles. The number of nitrogens with one attached hydrogen (secondary N) is 2. The van der Waals surface area contributed by atoms with Crippen LogP contribution in [0.25, 0.3) is 11.0 Å². The average Bonchev–Trinajstić information content (AvgIpc) is 2.60. The summed E-state index contributed by atoms with van der Waals surface area (Å²) in [6, 6.07) is 0.379. The second-order valence-electron chi connectivity index (χ2n) is 3.80. The third-order valence-corrected chi connectivity index (χ3v) is 2.97. The van der Waals surface area contributed by atoms with Crippen LogP contribution in [0.4, 0.5) is 5.95 Å². The molecule has 0 radical (unpaired) electrons. The van der Waals surface area contributed by atoms with Crippen LogP contribution in [0.15, 0.2) is 10.8 Å². The van der Waals surface area contributed by atoms with Gasteiger partial charge in [-0.2, -0.15) is 10.1 Å². The van der Waals surface area contributed by atoms with E-state index in [2.05, 4.69) is 55.3 Å². The van der Waals surface area contributed by atoms with Crippen LogP contribution in [-0.4, -0.2) is 26.2 Å². The Labute approximate surface area is 102 Å². The summed E-state index contributed by atoms with van der Waals surface area (Å²) in [4.78, 5) is 8.57. The molecule has 5 nitrogen and oxygen atoms in total. The molecule has 0 fully saturated rings. The molecule has 2 rings (SSSR count). The molecule has 0 unspecified atom stereocenters. The van der Waals surface area contributed by atoms with Crippen molar-refractivity contribution in [1.29, 1.82) is 0 Å². The number of nitrogens with zero attached hydrogens (tertiary/aromatic N) is 3. The minimum absolute atomic E-state index is 0.379. The van der Waals surface area contributed by atoms with Crippen molar-refractivity contribution < 1.29 is 0 Å². The molecule has 0 aliphatic carbocycles. The zero-order valence-electron chi connectivity index (χ0n) is 9.29. The lowest BCUT2D eigenvalue weighted by Gasteiger charge is -2.11. The third-order valence-electron chi connectivity index (χ3n) is 2.36. The van der Waals surface area contributed by atoms with Gasteiger partial charge in [0.1, 0.15) is 4.60 Å². The van der Waals surface area contributed by atoms with Gasteiger partial charge in [-0.25, -0.2) is 4.98 Å². The largest absolute Gasteiger partial charge is 0.352 e. The number of aromatic amines is 1. The third kappa shape index (κ3) is 2.32. The maximum absolute atomic E-state index is 4.32. The monoisotopic (exact) mass is 283 g/mol. The minimum atomic E-state index is 0.379. The van der Waals surface area contributed by atoms with Gasteiger partial charge in [-0.1, -0.05) is 13.3 Å². The fourth-order valence-electron chi connectivity index (χ4n) is 1.57. The average molecular weight is 284 g/mol. The summed E-state index contributed by atoms with van der Waals surface area (Å²) in [5.74, 6) is 0.632. The summed E-state index contributed by atoms with van der Waals surface area (Å²) in [5, 5.41) is 11.0. The van der Waals surface area contributed by atoms with Gasteiger partial charge in [-0.15, -0.1) is 0 Å². The first kappa shape index (κ1) is 11.3. The molecule has 0 spiro atoms. The first-order chi connectivity index (χ1) is 7.70. The van der Waals surface area contributed by atoms with E-state index < -0.39 is 0 Å². The lowest BCUT2D eigenvalue weighted by Crippen LogP contribution is -2.16. The van der Waals surface area contributed by atoms with Crippen LogP contribution >= 0.6 is 15.9 Å². The number of anilines is 1. The predicted octanol–water partition coefficient (Wildman–Crippen LogP) is 2.72. The van der Waals surface area contributed by atoms with E-state index in [4.69, 9.17) is 0 Å². The van der Waals surface area contributed by atoms with E-state index in [1.165, 1.54) is 0 Å². The summed E-state index contributed by atoms with van der Waals surface area (Å²) in [7, 11) is 0. The van der Waals surface area contributed by atoms with E-state index in [1.807, 2.05) is 0 Å². The van der Waals surface area contributed by atoms with Crippen molar-refractivity contribution in [2.45, 2.75) is 32.7 Å². The van der Waals surface area contributed by atoms with Gasteiger partial charge in [-0.05, 0) is 29.3 Å². The van der Waals surface area contributed by atoms with Crippen LogP contribution in [0.2, 0.25) is 0 Å². The van der Waals surface area contributed by atoms with Gasteiger partial charge in [0.15, 0.2) is 5.65 Å². The zero-order chi connectivity index (χ0) is 11.5. The fraction of sp³-hybridized carbons (Fsp3) is 0.500. The van der Waals surface area contributed by atoms with Gasteiger partial charge in [-0.3, -0.25) is 5.10 Å². The molecule has 86 valence electrons. The summed E-state index contributed by atoms with van der Waals surface area (Å²) in [6.45, 7) is 4.28. The molecule has 6 heteroatoms. The summed E-state index contributed by atoms with van der Waals surface area (Å²) < 4.78 is 0.815. The Morgan fingerprint density at radius 1 is 1.56 bits per heavy atom. The van der Waals surface area contributed by atoms with E-state index in [0.717, 1.165) is 22.8 Å². The number of H-pyrrole nitrogens is 1. The normalized spacial score (nSPS) is 12.9. The number of fused-ring (bicyclic) bond motifs is 1. The van der Waals surface area contributed by atoms with Crippen molar-refractivity contribution in [3.05, 3.63) is 10.8 Å². The highest BCUT2D eigenvalue weighted by Crippen LogP contribution is 2.19. The van der Waals surface area contributed by atoms with E-state index in [0.29, 0.717) is 17.6 Å². The Bertz CT molecular complexity index is 481. The van der Waals surface area contributed by atoms with E-state index in [1.54, 1.807) is 6.20 Å². The van der Waals surface area contributed by atoms with Crippen LogP contribution in [0, 0.1) is 0 Å². The SMILES string of the molecule is CCC[C@H](C)Nc1ncc2c(Br)[nH]nc2n1. The smallest absolute Gasteiger partial charge is 0.224 e. The molecule has 2 N–H and O–H groups in total. The maximum atomic E-state index is 4.32. The highest BCUT2D eigenvalue weighted by molar-refractivity contribution is 9.10. The van der Waals surface area contributed by atoms with Crippen LogP contribution in [0.1, 0.15) is 26.7 Å². The maximum Gasteiger partial charge on any atom is 0.224 e. The van der Waals surface area contributed by atoms with E-state index in [9.17, 15) is 0 Å². The Morgan fingerprint density at radius 3 is 3.12 bits per heavy atom. The van der Waals surface area contributed by atoms with Gasteiger partial charge in [0.2, 0.25) is 5.95 Å². The van der Waals surface area contributed by atoms with Crippen molar-refractivity contribution in [1.82, 2.24) is 20.2 Å². The van der Waals surface area contributed by atoms with Gasteiger partial charge in [0.25, 0.3) is 0 Å². The lowest BCUT2D eigenvalue weighted by molar-refractivity contribution is 0.684. The molecule has 0 saturated carbocycles. The highest BCUT2D eigenvalue weighted by Gasteiger charge is 2.07. The highest BCUT2D eigenvalue weighted by atomic mass is 79.9. The molecule has 16 heavy (non-hydrogen) atoms. The van der Waals surface area contributed by atoms with Crippen molar-refractivity contribution in [2.24, 2.45) is 0 Å². The predicted molar refractivity (Wildman–Crippen MR) is 67.4 cm³/mol. The van der Waals surface area contributed by atoms with E-state index in [-0.39, 0.29) is 0 Å². The number of hydrogen-bond donors (Lipinski definition) is 2. The van der Waals surface area contributed by atoms with E-state index >= 15 is 0 Å². The second-order valence-corrected chi connectivity index (χ2v) is 4.60. The summed E-state index contributed by atoms with van der Waals surface area (Å²) in [5.41, 5.74) is 0.674. The number of aromatic nitrogens is 4. The quantitative estimate of drug-likeness (QED) is 0.906. The number of halogens is 1. The molecule has 2 aromatic rings. The first-order valence-corrected chi connectivity index (χ1v) is 6.13. The molecule has 0 aliphatic heterocycles. The Balaban J connectivity index is 2.19. The van der Waals surface area contributed by atoms with Crippen LogP contribution in [0.3, 0.4) is 0 Å². The molecule has 0 amide bonds. The van der Waals surface area contributed by atoms with Gasteiger partial charge >= 0.3 is 0 Å². The molecule has 0 bridgehead atoms. The first-order valence-electron chi connectivity index (χ1n) is 5.34. The molecular weight excluding hydrogens is 270 g/mol. The van der Waals surface area contributed by atoms with Crippen molar-refractivity contribution >= 4 is 32.9 Å². The molecule has 1 atom stereocenters. The summed E-state index contributed by atoms with van der Waals surface area (Å²) in [6.07, 6.45) is 4.01. The number of rotatable bonds is 4. The van der Waals surface area contributed by atoms with Crippen molar-refractivity contribution in [2.75, 3.05) is 5.32 Å². The Hall–Kier alpha value is -1.17. The molecule has 2 aromatic heterocycles. The minimum Gasteiger partial charge on any atom is -0.352 e. The molecule has 2 heterocycles. The lowest BCUT2D eigenvalue weighted by atomic mass is 10.2. The second kappa shape index (κ2) is 4.78. The summed E-state index contributed by atoms with van der Waals surface area (Å²) >= 11 is 3.35. The fourth-order valence-corrected chi connectivity index (χ4v) is 1.94. The molecular formula is C10H14BrN5. The Morgan fingerprint density at radius 2 is 2.38 bits per heavy atom. The standard InChI is InChI=1S/C10H14BrN5/c1-3-4-6(2)13-10-12-5-7-8(11)15-16-9(7)14-10/h5-6H,3-4H2,1-2H3,(H2,12,13,14,15,16)/t6-/m0/s1. The van der Waals surface area contributed by atoms with Gasteiger partial charge in [0.05, 0.1) is 5.39 Å². The topological polar surface area (TPSA) is 66.5 Å². The molecule has 0 aliphatic rings. The van der Waals surface area contributed by atoms with Gasteiger partial charge in [0, 0.05) is 12.2 Å². The van der Waals surface area contributed by atoms with Crippen LogP contribution in [-0.2, 0) is 0 Å². The van der Waals surface area contributed by atoms with Crippen molar-refractivity contribution in [3.63, 3.8) is 0 Å². The number of hydrogen-bond acceptors (Lipinski definition) is 4. The zero-order valence-corrected chi connectivity index (χ0v) is 10.9. The van der Waals surface area contributed by atoms with Crippen molar-refractivity contribution in [3.8, 4) is 0 Å². The van der Waals surface area contributed by atoms with Gasteiger partial charge < -0.3 is 5.32 Å². The van der Waals surface area contributed by atoms with Crippen LogP contribution in [0.5, 0.6) is 0 Å².